The third kappa shape index (κ3) is 3.19. The Morgan fingerprint density at radius 2 is 2.05 bits per heavy atom. The molecule has 0 aromatic heterocycles. The van der Waals surface area contributed by atoms with Crippen LogP contribution in [0.3, 0.4) is 0 Å². The van der Waals surface area contributed by atoms with Gasteiger partial charge in [-0.1, -0.05) is 33.6 Å². The number of rotatable bonds is 2. The van der Waals surface area contributed by atoms with E-state index in [9.17, 15) is 4.79 Å². The summed E-state index contributed by atoms with van der Waals surface area (Å²) >= 11 is 9.19. The summed E-state index contributed by atoms with van der Waals surface area (Å²) in [5.41, 5.74) is 2.18. The Kier molecular flexibility index (Phi) is 4.43. The number of carbonyl (C=O) groups excluding carboxylic acids is 1. The van der Waals surface area contributed by atoms with E-state index in [4.69, 9.17) is 16.9 Å². The summed E-state index contributed by atoms with van der Waals surface area (Å²) < 4.78 is 0.783. The van der Waals surface area contributed by atoms with Gasteiger partial charge in [-0.05, 0) is 42.8 Å². The lowest BCUT2D eigenvalue weighted by Gasteiger charge is -2.09. The number of aryl methyl sites for hydroxylation is 1. The molecule has 1 N–H and O–H groups in total. The topological polar surface area (TPSA) is 52.9 Å². The average Bonchev–Trinajstić information content (AvgIpc) is 2.43. The number of amides is 1. The van der Waals surface area contributed by atoms with E-state index in [1.807, 2.05) is 13.0 Å². The molecule has 2 rings (SSSR count). The van der Waals surface area contributed by atoms with Gasteiger partial charge >= 0.3 is 0 Å². The molecule has 0 spiro atoms. The summed E-state index contributed by atoms with van der Waals surface area (Å²) in [5, 5.41) is 12.3. The molecule has 0 aliphatic heterocycles. The number of benzene rings is 2. The van der Waals surface area contributed by atoms with Crippen molar-refractivity contribution in [2.45, 2.75) is 6.92 Å². The highest BCUT2D eigenvalue weighted by atomic mass is 79.9. The van der Waals surface area contributed by atoms with E-state index >= 15 is 0 Å². The Morgan fingerprint density at radius 1 is 1.30 bits per heavy atom. The van der Waals surface area contributed by atoms with Gasteiger partial charge in [0.15, 0.2) is 0 Å². The van der Waals surface area contributed by atoms with Gasteiger partial charge in [0, 0.05) is 15.1 Å². The Labute approximate surface area is 130 Å². The van der Waals surface area contributed by atoms with Crippen LogP contribution in [0, 0.1) is 18.3 Å². The predicted molar refractivity (Wildman–Crippen MR) is 83.0 cm³/mol. The lowest BCUT2D eigenvalue weighted by Crippen LogP contribution is -2.14. The summed E-state index contributed by atoms with van der Waals surface area (Å²) in [6.07, 6.45) is 0. The smallest absolute Gasteiger partial charge is 0.256 e. The van der Waals surface area contributed by atoms with Crippen molar-refractivity contribution in [3.05, 3.63) is 62.6 Å². The highest BCUT2D eigenvalue weighted by Gasteiger charge is 2.12. The van der Waals surface area contributed by atoms with Crippen LogP contribution < -0.4 is 5.32 Å². The zero-order chi connectivity index (χ0) is 14.7. The number of nitriles is 1. The summed E-state index contributed by atoms with van der Waals surface area (Å²) in [6, 6.07) is 12.3. The molecule has 0 saturated heterocycles. The normalized spacial score (nSPS) is 9.90. The molecule has 3 nitrogen and oxygen atoms in total. The highest BCUT2D eigenvalue weighted by Crippen LogP contribution is 2.22. The van der Waals surface area contributed by atoms with Crippen LogP contribution in [-0.4, -0.2) is 5.91 Å². The van der Waals surface area contributed by atoms with E-state index in [0.717, 1.165) is 10.0 Å². The quantitative estimate of drug-likeness (QED) is 0.865. The molecular formula is C15H10BrClN2O. The summed E-state index contributed by atoms with van der Waals surface area (Å²) in [4.78, 5) is 12.2. The summed E-state index contributed by atoms with van der Waals surface area (Å²) in [7, 11) is 0. The molecule has 0 bridgehead atoms. The van der Waals surface area contributed by atoms with Gasteiger partial charge in [-0.2, -0.15) is 5.26 Å². The number of nitrogens with one attached hydrogen (secondary N) is 1. The van der Waals surface area contributed by atoms with E-state index < -0.39 is 0 Å². The van der Waals surface area contributed by atoms with Gasteiger partial charge in [0.05, 0.1) is 11.3 Å². The number of carbonyl (C=O) groups is 1. The average molecular weight is 350 g/mol. The van der Waals surface area contributed by atoms with Gasteiger partial charge in [0.1, 0.15) is 6.07 Å². The summed E-state index contributed by atoms with van der Waals surface area (Å²) in [5.74, 6) is -0.288. The Bertz CT molecular complexity index is 722. The van der Waals surface area contributed by atoms with Crippen LogP contribution in [0.5, 0.6) is 0 Å². The maximum absolute atomic E-state index is 12.2. The maximum atomic E-state index is 12.2. The van der Waals surface area contributed by atoms with Crippen molar-refractivity contribution >= 4 is 39.1 Å². The molecule has 20 heavy (non-hydrogen) atoms. The molecule has 1 amide bonds. The van der Waals surface area contributed by atoms with Gasteiger partial charge in [-0.15, -0.1) is 0 Å². The number of hydrogen-bond donors (Lipinski definition) is 1. The third-order valence-corrected chi connectivity index (χ3v) is 3.52. The molecule has 0 unspecified atom stereocenters. The van der Waals surface area contributed by atoms with Gasteiger partial charge < -0.3 is 5.32 Å². The Balaban J connectivity index is 2.33. The molecule has 2 aromatic carbocycles. The van der Waals surface area contributed by atoms with Gasteiger partial charge in [0.25, 0.3) is 5.91 Å². The van der Waals surface area contributed by atoms with Crippen LogP contribution in [0.15, 0.2) is 40.9 Å². The lowest BCUT2D eigenvalue weighted by molar-refractivity contribution is 0.102. The van der Waals surface area contributed by atoms with Crippen LogP contribution in [0.25, 0.3) is 0 Å². The molecule has 2 aromatic rings. The van der Waals surface area contributed by atoms with Gasteiger partial charge in [-0.3, -0.25) is 4.79 Å². The van der Waals surface area contributed by atoms with Crippen molar-refractivity contribution in [3.8, 4) is 6.07 Å². The van der Waals surface area contributed by atoms with Crippen molar-refractivity contribution in [2.24, 2.45) is 0 Å². The SMILES string of the molecule is Cc1ccc(Cl)cc1C(=O)Nc1ccc(Br)cc1C#N. The zero-order valence-corrected chi connectivity index (χ0v) is 12.9. The standard InChI is InChI=1S/C15H10BrClN2O/c1-9-2-4-12(17)7-13(9)15(20)19-14-5-3-11(16)6-10(14)8-18/h2-7H,1H3,(H,19,20). The molecule has 0 heterocycles. The van der Waals surface area contributed by atoms with E-state index in [0.29, 0.717) is 21.8 Å². The second kappa shape index (κ2) is 6.08. The maximum Gasteiger partial charge on any atom is 0.256 e. The van der Waals surface area contributed by atoms with Gasteiger partial charge in [0.2, 0.25) is 0 Å². The van der Waals surface area contributed by atoms with Crippen LogP contribution >= 0.6 is 27.5 Å². The Hall–Kier alpha value is -1.83. The fraction of sp³-hybridized carbons (Fsp3) is 0.0667. The van der Waals surface area contributed by atoms with E-state index in [1.165, 1.54) is 0 Å². The highest BCUT2D eigenvalue weighted by molar-refractivity contribution is 9.10. The zero-order valence-electron chi connectivity index (χ0n) is 10.6. The van der Waals surface area contributed by atoms with Crippen molar-refractivity contribution in [1.82, 2.24) is 0 Å². The second-order valence-electron chi connectivity index (χ2n) is 4.22. The first-order chi connectivity index (χ1) is 9.51. The summed E-state index contributed by atoms with van der Waals surface area (Å²) in [6.45, 7) is 1.83. The van der Waals surface area contributed by atoms with Crippen LogP contribution in [-0.2, 0) is 0 Å². The third-order valence-electron chi connectivity index (χ3n) is 2.79. The molecular weight excluding hydrogens is 340 g/mol. The fourth-order valence-corrected chi connectivity index (χ4v) is 2.28. The second-order valence-corrected chi connectivity index (χ2v) is 5.57. The largest absolute Gasteiger partial charge is 0.321 e. The molecule has 0 fully saturated rings. The Morgan fingerprint density at radius 3 is 2.75 bits per heavy atom. The molecule has 0 aliphatic rings. The predicted octanol–water partition coefficient (Wildman–Crippen LogP) is 4.53. The van der Waals surface area contributed by atoms with Gasteiger partial charge in [-0.25, -0.2) is 0 Å². The van der Waals surface area contributed by atoms with Crippen molar-refractivity contribution in [3.63, 3.8) is 0 Å². The first-order valence-electron chi connectivity index (χ1n) is 5.78. The first kappa shape index (κ1) is 14.6. The fourth-order valence-electron chi connectivity index (χ4n) is 1.75. The minimum Gasteiger partial charge on any atom is -0.321 e. The van der Waals surface area contributed by atoms with E-state index in [2.05, 4.69) is 21.2 Å². The molecule has 100 valence electrons. The van der Waals surface area contributed by atoms with Crippen LogP contribution in [0.2, 0.25) is 5.02 Å². The number of anilines is 1. The molecule has 0 aliphatic carbocycles. The number of hydrogen-bond acceptors (Lipinski definition) is 2. The number of nitrogens with zero attached hydrogens (tertiary/aromatic N) is 1. The van der Waals surface area contributed by atoms with Crippen molar-refractivity contribution in [2.75, 3.05) is 5.32 Å². The van der Waals surface area contributed by atoms with E-state index in [1.54, 1.807) is 36.4 Å². The molecule has 0 saturated carbocycles. The lowest BCUT2D eigenvalue weighted by atomic mass is 10.1. The molecule has 0 atom stereocenters. The van der Waals surface area contributed by atoms with Crippen molar-refractivity contribution in [1.29, 1.82) is 5.26 Å². The van der Waals surface area contributed by atoms with Crippen LogP contribution in [0.1, 0.15) is 21.5 Å². The molecule has 5 heteroatoms. The minimum atomic E-state index is -0.288. The minimum absolute atomic E-state index is 0.288. The first-order valence-corrected chi connectivity index (χ1v) is 6.95. The van der Waals surface area contributed by atoms with E-state index in [-0.39, 0.29) is 5.91 Å². The molecule has 0 radical (unpaired) electrons. The monoisotopic (exact) mass is 348 g/mol. The van der Waals surface area contributed by atoms with Crippen LogP contribution in [0.4, 0.5) is 5.69 Å². The van der Waals surface area contributed by atoms with Crippen molar-refractivity contribution < 1.29 is 4.79 Å². The number of halogens is 2.